The Labute approximate surface area is 159 Å². The van der Waals surface area contributed by atoms with Gasteiger partial charge in [-0.25, -0.2) is 4.52 Å². The summed E-state index contributed by atoms with van der Waals surface area (Å²) in [4.78, 5) is 0. The molecule has 8 heteroatoms. The Morgan fingerprint density at radius 1 is 0.926 bits per heavy atom. The van der Waals surface area contributed by atoms with Crippen LogP contribution in [0.4, 0.5) is 17.3 Å². The third kappa shape index (κ3) is 7.31. The molecule has 0 saturated carbocycles. The van der Waals surface area contributed by atoms with Gasteiger partial charge in [-0.3, -0.25) is 0 Å². The maximum atomic E-state index is 9.75. The van der Waals surface area contributed by atoms with Crippen LogP contribution in [0.3, 0.4) is 0 Å². The first-order valence-corrected chi connectivity index (χ1v) is 8.38. The smallest absolute Gasteiger partial charge is 0.418 e. The van der Waals surface area contributed by atoms with Gasteiger partial charge in [0.2, 0.25) is 5.76 Å². The van der Waals surface area contributed by atoms with Gasteiger partial charge in [0.15, 0.2) is 7.05 Å². The van der Waals surface area contributed by atoms with Gasteiger partial charge >= 0.3 is 7.25 Å². The Balaban J connectivity index is 0.000000465. The zero-order valence-corrected chi connectivity index (χ0v) is 15.4. The van der Waals surface area contributed by atoms with Gasteiger partial charge in [-0.15, -0.1) is 0 Å². The summed E-state index contributed by atoms with van der Waals surface area (Å²) in [5, 5.41) is 0.743. The number of hydrogen-bond donors (Lipinski definition) is 0. The number of halogens is 5. The van der Waals surface area contributed by atoms with Gasteiger partial charge in [0.1, 0.15) is 0 Å². The second kappa shape index (κ2) is 8.91. The minimum absolute atomic E-state index is 0.743. The van der Waals surface area contributed by atoms with E-state index >= 15 is 0 Å². The molecule has 0 unspecified atom stereocenters. The van der Waals surface area contributed by atoms with E-state index in [0.29, 0.717) is 0 Å². The molecule has 0 atom stereocenters. The van der Waals surface area contributed by atoms with Crippen molar-refractivity contribution in [2.45, 2.75) is 6.92 Å². The highest BCUT2D eigenvalue weighted by Gasteiger charge is 2.20. The first-order chi connectivity index (χ1) is 12.6. The Bertz CT molecular complexity index is 897. The lowest BCUT2D eigenvalue weighted by Crippen LogP contribution is -2.27. The third-order valence-electron chi connectivity index (χ3n) is 3.53. The number of hydrogen-bond acceptors (Lipinski definition) is 1. The third-order valence-corrected chi connectivity index (χ3v) is 3.78. The average molecular weight is 398 g/mol. The predicted molar refractivity (Wildman–Crippen MR) is 101 cm³/mol. The molecule has 1 aromatic heterocycles. The number of nitrogens with zero attached hydrogens (tertiary/aromatic N) is 1. The van der Waals surface area contributed by atoms with E-state index in [0.717, 1.165) is 27.6 Å². The zero-order chi connectivity index (χ0) is 20.0. The molecular formula is C19H17BClF4NO. The quantitative estimate of drug-likeness (QED) is 0.292. The molecule has 0 radical (unpaired) electrons. The molecular weight excluding hydrogens is 380 g/mol. The molecule has 2 nitrogen and oxygen atoms in total. The molecule has 0 fully saturated rings. The summed E-state index contributed by atoms with van der Waals surface area (Å²) >= 11 is 5.89. The van der Waals surface area contributed by atoms with Crippen LogP contribution in [0.15, 0.2) is 59.1 Å². The lowest BCUT2D eigenvalue weighted by molar-refractivity contribution is -0.844. The van der Waals surface area contributed by atoms with Crippen LogP contribution in [0.5, 0.6) is 0 Å². The molecule has 0 amide bonds. The minimum Gasteiger partial charge on any atom is -0.418 e. The largest absolute Gasteiger partial charge is 0.673 e. The molecule has 1 heterocycles. The highest BCUT2D eigenvalue weighted by molar-refractivity contribution is 6.50. The van der Waals surface area contributed by atoms with E-state index in [1.165, 1.54) is 5.56 Å². The minimum atomic E-state index is -6.00. The van der Waals surface area contributed by atoms with E-state index < -0.39 is 7.25 Å². The molecule has 0 spiro atoms. The van der Waals surface area contributed by atoms with Crippen molar-refractivity contribution in [3.05, 3.63) is 76.4 Å². The van der Waals surface area contributed by atoms with Crippen LogP contribution < -0.4 is 4.74 Å². The maximum Gasteiger partial charge on any atom is 0.673 e. The fourth-order valence-corrected chi connectivity index (χ4v) is 2.34. The first-order valence-electron chi connectivity index (χ1n) is 8.00. The van der Waals surface area contributed by atoms with E-state index in [4.69, 9.17) is 16.1 Å². The van der Waals surface area contributed by atoms with Gasteiger partial charge < -0.3 is 17.3 Å². The van der Waals surface area contributed by atoms with Crippen LogP contribution in [0.25, 0.3) is 23.5 Å². The van der Waals surface area contributed by atoms with Crippen molar-refractivity contribution >= 4 is 31.0 Å². The summed E-state index contributed by atoms with van der Waals surface area (Å²) in [6.07, 6.45) is 4.07. The molecule has 3 rings (SSSR count). The van der Waals surface area contributed by atoms with Crippen molar-refractivity contribution in [1.29, 1.82) is 0 Å². The number of aromatic nitrogens is 1. The predicted octanol–water partition coefficient (Wildman–Crippen LogP) is 6.20. The van der Waals surface area contributed by atoms with Gasteiger partial charge in [-0.1, -0.05) is 53.6 Å². The monoisotopic (exact) mass is 397 g/mol. The SMILES string of the molecule is Cc1ccc(-c2cc(/C=C/c3ccc(Cl)cc3)[n+](C)o2)cc1.F[B-](F)(F)F. The van der Waals surface area contributed by atoms with Crippen molar-refractivity contribution in [3.63, 3.8) is 0 Å². The molecule has 0 saturated heterocycles. The van der Waals surface area contributed by atoms with E-state index in [1.54, 1.807) is 4.74 Å². The summed E-state index contributed by atoms with van der Waals surface area (Å²) < 4.78 is 46.6. The molecule has 142 valence electrons. The number of rotatable bonds is 3. The highest BCUT2D eigenvalue weighted by atomic mass is 35.5. The summed E-state index contributed by atoms with van der Waals surface area (Å²) in [5.74, 6) is 0.859. The Morgan fingerprint density at radius 2 is 1.48 bits per heavy atom. The topological polar surface area (TPSA) is 17.0 Å². The van der Waals surface area contributed by atoms with E-state index in [2.05, 4.69) is 31.2 Å². The van der Waals surface area contributed by atoms with E-state index in [1.807, 2.05) is 49.5 Å². The molecule has 2 aromatic carbocycles. The van der Waals surface area contributed by atoms with Crippen LogP contribution in [-0.4, -0.2) is 7.25 Å². The van der Waals surface area contributed by atoms with Crippen molar-refractivity contribution in [3.8, 4) is 11.3 Å². The summed E-state index contributed by atoms with van der Waals surface area (Å²) in [7, 11) is -4.10. The molecule has 0 bridgehead atoms. The fraction of sp³-hybridized carbons (Fsp3) is 0.105. The van der Waals surface area contributed by atoms with E-state index in [9.17, 15) is 17.3 Å². The van der Waals surface area contributed by atoms with Crippen LogP contribution in [0.1, 0.15) is 16.8 Å². The standard InChI is InChI=1S/C19H17ClNO.BF4/c1-14-3-8-16(9-4-14)19-13-18(21(2)22-19)12-7-15-5-10-17(20)11-6-15;2-1(3,4)5/h3-13H,1-2H3;/q+1;-1/b12-7+;. The lowest BCUT2D eigenvalue weighted by Gasteiger charge is -1.94. The summed E-state index contributed by atoms with van der Waals surface area (Å²) in [6.45, 7) is 2.08. The first kappa shape index (κ1) is 20.8. The summed E-state index contributed by atoms with van der Waals surface area (Å²) in [5.41, 5.74) is 4.42. The highest BCUT2D eigenvalue weighted by Crippen LogP contribution is 2.21. The molecule has 27 heavy (non-hydrogen) atoms. The Kier molecular flexibility index (Phi) is 6.85. The maximum absolute atomic E-state index is 9.75. The second-order valence-corrected chi connectivity index (χ2v) is 6.20. The number of aryl methyl sites for hydroxylation is 2. The van der Waals surface area contributed by atoms with Crippen LogP contribution in [-0.2, 0) is 7.05 Å². The van der Waals surface area contributed by atoms with E-state index in [-0.39, 0.29) is 0 Å². The zero-order valence-electron chi connectivity index (χ0n) is 14.7. The lowest BCUT2D eigenvalue weighted by atomic mass is 10.1. The van der Waals surface area contributed by atoms with Crippen LogP contribution >= 0.6 is 11.6 Å². The molecule has 0 aliphatic rings. The van der Waals surface area contributed by atoms with Crippen molar-refractivity contribution < 1.29 is 26.5 Å². The second-order valence-electron chi connectivity index (χ2n) is 5.77. The molecule has 0 aliphatic heterocycles. The van der Waals surface area contributed by atoms with Gasteiger partial charge in [0.25, 0.3) is 5.69 Å². The Morgan fingerprint density at radius 3 is 2.04 bits per heavy atom. The molecule has 3 aromatic rings. The van der Waals surface area contributed by atoms with Gasteiger partial charge in [0.05, 0.1) is 6.07 Å². The van der Waals surface area contributed by atoms with Gasteiger partial charge in [0, 0.05) is 16.7 Å². The van der Waals surface area contributed by atoms with Crippen molar-refractivity contribution in [1.82, 2.24) is 0 Å². The molecule has 0 N–H and O–H groups in total. The van der Waals surface area contributed by atoms with Crippen LogP contribution in [0, 0.1) is 6.92 Å². The van der Waals surface area contributed by atoms with Gasteiger partial charge in [-0.2, -0.15) is 0 Å². The fourth-order valence-electron chi connectivity index (χ4n) is 2.21. The Hall–Kier alpha value is -2.54. The van der Waals surface area contributed by atoms with Crippen molar-refractivity contribution in [2.24, 2.45) is 7.05 Å². The van der Waals surface area contributed by atoms with Crippen molar-refractivity contribution in [2.75, 3.05) is 0 Å². The number of benzene rings is 2. The molecule has 0 aliphatic carbocycles. The summed E-state index contributed by atoms with van der Waals surface area (Å²) in [6, 6.07) is 18.1. The average Bonchev–Trinajstić information content (AvgIpc) is 2.94. The van der Waals surface area contributed by atoms with Gasteiger partial charge in [-0.05, 0) is 35.4 Å². The normalized spacial score (nSPS) is 11.4. The van der Waals surface area contributed by atoms with Crippen LogP contribution in [0.2, 0.25) is 5.02 Å².